The van der Waals surface area contributed by atoms with Gasteiger partial charge in [0, 0.05) is 37.7 Å². The molecule has 0 radical (unpaired) electrons. The van der Waals surface area contributed by atoms with Crippen molar-refractivity contribution >= 4 is 28.2 Å². The predicted octanol–water partition coefficient (Wildman–Crippen LogP) is 2.28. The molecule has 1 aliphatic rings. The number of likely N-dealkylation sites (tertiary alicyclic amines) is 1. The number of amides is 1. The van der Waals surface area contributed by atoms with Crippen molar-refractivity contribution in [1.29, 1.82) is 0 Å². The number of carbonyl (C=O) groups excluding carboxylic acids is 1. The zero-order chi connectivity index (χ0) is 16.4. The number of hydrogen-bond acceptors (Lipinski definition) is 7. The van der Waals surface area contributed by atoms with Gasteiger partial charge in [0.1, 0.15) is 16.6 Å². The van der Waals surface area contributed by atoms with Gasteiger partial charge in [0.15, 0.2) is 0 Å². The van der Waals surface area contributed by atoms with E-state index in [1.807, 2.05) is 17.9 Å². The van der Waals surface area contributed by atoms with Gasteiger partial charge in [-0.2, -0.15) is 0 Å². The third kappa shape index (κ3) is 3.64. The molecule has 0 spiro atoms. The smallest absolute Gasteiger partial charge is 0.219 e. The molecule has 2 aromatic rings. The highest BCUT2D eigenvalue weighted by molar-refractivity contribution is 7.15. The Bertz CT molecular complexity index is 716. The first kappa shape index (κ1) is 15.8. The SMILES string of the molecule is CCc1nnc(Nc2cc(C)nc([C@H]3CCN(C(C)=O)C3)n2)s1. The molecule has 0 bridgehead atoms. The van der Waals surface area contributed by atoms with Gasteiger partial charge < -0.3 is 10.2 Å². The van der Waals surface area contributed by atoms with Gasteiger partial charge in [0.05, 0.1) is 0 Å². The van der Waals surface area contributed by atoms with Crippen molar-refractivity contribution in [3.63, 3.8) is 0 Å². The summed E-state index contributed by atoms with van der Waals surface area (Å²) < 4.78 is 0. The minimum atomic E-state index is 0.111. The minimum absolute atomic E-state index is 0.111. The second-order valence-electron chi connectivity index (χ2n) is 5.68. The maximum Gasteiger partial charge on any atom is 0.219 e. The van der Waals surface area contributed by atoms with Crippen LogP contribution in [0.3, 0.4) is 0 Å². The van der Waals surface area contributed by atoms with E-state index in [1.165, 1.54) is 11.3 Å². The van der Waals surface area contributed by atoms with Crippen molar-refractivity contribution in [3.05, 3.63) is 22.6 Å². The van der Waals surface area contributed by atoms with Gasteiger partial charge in [0.25, 0.3) is 0 Å². The molecule has 1 saturated heterocycles. The quantitative estimate of drug-likeness (QED) is 0.925. The summed E-state index contributed by atoms with van der Waals surface area (Å²) in [6, 6.07) is 1.90. The lowest BCUT2D eigenvalue weighted by molar-refractivity contribution is -0.127. The molecule has 1 atom stereocenters. The van der Waals surface area contributed by atoms with Gasteiger partial charge in [-0.15, -0.1) is 10.2 Å². The number of carbonyl (C=O) groups is 1. The summed E-state index contributed by atoms with van der Waals surface area (Å²) in [7, 11) is 0. The van der Waals surface area contributed by atoms with Crippen LogP contribution in [-0.4, -0.2) is 44.1 Å². The summed E-state index contributed by atoms with van der Waals surface area (Å²) in [6.07, 6.45) is 1.78. The van der Waals surface area contributed by atoms with Gasteiger partial charge in [-0.25, -0.2) is 9.97 Å². The third-order valence-electron chi connectivity index (χ3n) is 3.87. The first-order valence-corrected chi connectivity index (χ1v) is 8.57. The molecule has 0 unspecified atom stereocenters. The molecule has 0 saturated carbocycles. The van der Waals surface area contributed by atoms with Gasteiger partial charge in [-0.05, 0) is 19.8 Å². The molecule has 7 nitrogen and oxygen atoms in total. The lowest BCUT2D eigenvalue weighted by Crippen LogP contribution is -2.25. The Kier molecular flexibility index (Phi) is 4.51. The van der Waals surface area contributed by atoms with Crippen molar-refractivity contribution in [2.45, 2.75) is 39.5 Å². The second-order valence-corrected chi connectivity index (χ2v) is 6.74. The maximum absolute atomic E-state index is 11.5. The largest absolute Gasteiger partial charge is 0.342 e. The van der Waals surface area contributed by atoms with E-state index in [4.69, 9.17) is 0 Å². The van der Waals surface area contributed by atoms with Crippen LogP contribution in [-0.2, 0) is 11.2 Å². The molecule has 3 heterocycles. The zero-order valence-corrected chi connectivity index (χ0v) is 14.4. The molecule has 1 fully saturated rings. The van der Waals surface area contributed by atoms with Gasteiger partial charge in [0.2, 0.25) is 11.0 Å². The van der Waals surface area contributed by atoms with E-state index in [0.29, 0.717) is 6.54 Å². The zero-order valence-electron chi connectivity index (χ0n) is 13.5. The van der Waals surface area contributed by atoms with Crippen LogP contribution in [0.1, 0.15) is 42.7 Å². The second kappa shape index (κ2) is 6.57. The molecular weight excluding hydrogens is 312 g/mol. The van der Waals surface area contributed by atoms with Crippen molar-refractivity contribution < 1.29 is 4.79 Å². The Morgan fingerprint density at radius 2 is 2.26 bits per heavy atom. The molecule has 1 aliphatic heterocycles. The fourth-order valence-electron chi connectivity index (χ4n) is 2.65. The first-order valence-electron chi connectivity index (χ1n) is 7.75. The molecular formula is C15H20N6OS. The molecule has 3 rings (SSSR count). The summed E-state index contributed by atoms with van der Waals surface area (Å²) in [4.78, 5) is 22.5. The minimum Gasteiger partial charge on any atom is -0.342 e. The van der Waals surface area contributed by atoms with Crippen LogP contribution < -0.4 is 5.32 Å². The number of nitrogens with one attached hydrogen (secondary N) is 1. The van der Waals surface area contributed by atoms with Crippen molar-refractivity contribution in [1.82, 2.24) is 25.1 Å². The van der Waals surface area contributed by atoms with Crippen LogP contribution in [0.2, 0.25) is 0 Å². The molecule has 1 amide bonds. The molecule has 122 valence electrons. The van der Waals surface area contributed by atoms with E-state index in [9.17, 15) is 4.79 Å². The van der Waals surface area contributed by atoms with Crippen LogP contribution in [0, 0.1) is 6.92 Å². The van der Waals surface area contributed by atoms with Crippen LogP contribution in [0.15, 0.2) is 6.07 Å². The van der Waals surface area contributed by atoms with Crippen LogP contribution in [0.4, 0.5) is 10.9 Å². The lowest BCUT2D eigenvalue weighted by Gasteiger charge is -2.14. The maximum atomic E-state index is 11.5. The Morgan fingerprint density at radius 1 is 1.43 bits per heavy atom. The highest BCUT2D eigenvalue weighted by Crippen LogP contribution is 2.27. The average molecular weight is 332 g/mol. The fraction of sp³-hybridized carbons (Fsp3) is 0.533. The van der Waals surface area contributed by atoms with Crippen LogP contribution >= 0.6 is 11.3 Å². The average Bonchev–Trinajstić information content (AvgIpc) is 3.15. The lowest BCUT2D eigenvalue weighted by atomic mass is 10.1. The molecule has 23 heavy (non-hydrogen) atoms. The Hall–Kier alpha value is -2.09. The Labute approximate surface area is 139 Å². The molecule has 0 aliphatic carbocycles. The first-order chi connectivity index (χ1) is 11.0. The van der Waals surface area contributed by atoms with Crippen molar-refractivity contribution in [2.24, 2.45) is 0 Å². The normalized spacial score (nSPS) is 17.5. The van der Waals surface area contributed by atoms with E-state index in [1.54, 1.807) is 6.92 Å². The summed E-state index contributed by atoms with van der Waals surface area (Å²) in [5.74, 6) is 1.82. The van der Waals surface area contributed by atoms with E-state index in [-0.39, 0.29) is 11.8 Å². The fourth-order valence-corrected chi connectivity index (χ4v) is 3.34. The number of anilines is 2. The van der Waals surface area contributed by atoms with E-state index >= 15 is 0 Å². The van der Waals surface area contributed by atoms with Gasteiger partial charge in [-0.3, -0.25) is 4.79 Å². The Balaban J connectivity index is 1.78. The van der Waals surface area contributed by atoms with E-state index < -0.39 is 0 Å². The van der Waals surface area contributed by atoms with E-state index in [0.717, 1.165) is 46.9 Å². The van der Waals surface area contributed by atoms with Gasteiger partial charge >= 0.3 is 0 Å². The van der Waals surface area contributed by atoms with Crippen molar-refractivity contribution in [2.75, 3.05) is 18.4 Å². The number of hydrogen-bond donors (Lipinski definition) is 1. The monoisotopic (exact) mass is 332 g/mol. The predicted molar refractivity (Wildman–Crippen MR) is 89.0 cm³/mol. The molecule has 0 aromatic carbocycles. The number of aromatic nitrogens is 4. The standard InChI is InChI=1S/C15H20N6OS/c1-4-13-19-20-15(23-13)18-12-7-9(2)16-14(17-12)11-5-6-21(8-11)10(3)22/h7,11H,4-6,8H2,1-3H3,(H,16,17,18,20)/t11-/m0/s1. The van der Waals surface area contributed by atoms with Crippen LogP contribution in [0.25, 0.3) is 0 Å². The van der Waals surface area contributed by atoms with E-state index in [2.05, 4.69) is 32.4 Å². The van der Waals surface area contributed by atoms with Crippen molar-refractivity contribution in [3.8, 4) is 0 Å². The Morgan fingerprint density at radius 3 is 2.91 bits per heavy atom. The number of rotatable bonds is 4. The molecule has 8 heteroatoms. The molecule has 2 aromatic heterocycles. The summed E-state index contributed by atoms with van der Waals surface area (Å²) in [6.45, 7) is 7.07. The topological polar surface area (TPSA) is 83.9 Å². The summed E-state index contributed by atoms with van der Waals surface area (Å²) >= 11 is 1.53. The summed E-state index contributed by atoms with van der Waals surface area (Å²) in [5, 5.41) is 13.2. The van der Waals surface area contributed by atoms with Gasteiger partial charge in [-0.1, -0.05) is 18.3 Å². The highest BCUT2D eigenvalue weighted by atomic mass is 32.1. The third-order valence-corrected chi connectivity index (χ3v) is 4.86. The van der Waals surface area contributed by atoms with Crippen LogP contribution in [0.5, 0.6) is 0 Å². The molecule has 1 N–H and O–H groups in total. The highest BCUT2D eigenvalue weighted by Gasteiger charge is 2.27. The summed E-state index contributed by atoms with van der Waals surface area (Å²) in [5.41, 5.74) is 0.902. The number of aryl methyl sites for hydroxylation is 2. The number of nitrogens with zero attached hydrogens (tertiary/aromatic N) is 5.